The van der Waals surface area contributed by atoms with Crippen molar-refractivity contribution in [3.8, 4) is 0 Å². The van der Waals surface area contributed by atoms with Crippen LogP contribution in [0.1, 0.15) is 59.3 Å². The smallest absolute Gasteiger partial charge is 0.393 e. The van der Waals surface area contributed by atoms with Crippen molar-refractivity contribution in [2.45, 2.75) is 83.3 Å². The fourth-order valence-electron chi connectivity index (χ4n) is 3.29. The number of aliphatic hydroxyl groups excluding tert-OH is 2. The van der Waals surface area contributed by atoms with Crippen LogP contribution in [0, 0.1) is 5.92 Å². The van der Waals surface area contributed by atoms with Gasteiger partial charge in [-0.3, -0.25) is 4.79 Å². The van der Waals surface area contributed by atoms with Crippen LogP contribution in [0.4, 0.5) is 13.2 Å². The zero-order valence-corrected chi connectivity index (χ0v) is 17.2. The van der Waals surface area contributed by atoms with E-state index in [2.05, 4.69) is 11.9 Å². The first-order valence-corrected chi connectivity index (χ1v) is 9.78. The largest absolute Gasteiger partial charge is 0.417 e. The Bertz CT molecular complexity index is 653. The van der Waals surface area contributed by atoms with Gasteiger partial charge in [0.1, 0.15) is 0 Å². The van der Waals surface area contributed by atoms with Crippen molar-refractivity contribution in [3.63, 3.8) is 0 Å². The van der Waals surface area contributed by atoms with Gasteiger partial charge in [0.25, 0.3) is 0 Å². The quantitative estimate of drug-likeness (QED) is 0.358. The highest BCUT2D eigenvalue weighted by molar-refractivity contribution is 5.79. The monoisotopic (exact) mass is 419 g/mol. The van der Waals surface area contributed by atoms with Gasteiger partial charge in [-0.2, -0.15) is 13.2 Å². The Morgan fingerprint density at radius 2 is 2.00 bits per heavy atom. The van der Waals surface area contributed by atoms with Gasteiger partial charge in [0.2, 0.25) is 5.91 Å². The molecule has 29 heavy (non-hydrogen) atoms. The molecule has 0 aromatic carbocycles. The molecule has 0 saturated heterocycles. The summed E-state index contributed by atoms with van der Waals surface area (Å²) >= 11 is 0. The molecule has 0 aromatic rings. The molecule has 0 spiro atoms. The second-order valence-corrected chi connectivity index (χ2v) is 7.92. The van der Waals surface area contributed by atoms with E-state index in [0.29, 0.717) is 30.2 Å². The van der Waals surface area contributed by atoms with Crippen LogP contribution in [0.5, 0.6) is 0 Å². The number of allylic oxidation sites excluding steroid dienone is 3. The minimum atomic E-state index is -4.95. The van der Waals surface area contributed by atoms with E-state index in [0.717, 1.165) is 12.8 Å². The first-order chi connectivity index (χ1) is 13.3. The van der Waals surface area contributed by atoms with Crippen molar-refractivity contribution in [1.82, 2.24) is 5.32 Å². The topological polar surface area (TPSA) is 89.8 Å². The highest BCUT2D eigenvalue weighted by Crippen LogP contribution is 2.35. The lowest BCUT2D eigenvalue weighted by Gasteiger charge is -2.32. The second kappa shape index (κ2) is 10.4. The number of hydrogen-bond acceptors (Lipinski definition) is 4. The van der Waals surface area contributed by atoms with Gasteiger partial charge >= 0.3 is 6.18 Å². The molecule has 1 unspecified atom stereocenters. The molecular formula is C21H32F3NO4. The van der Waals surface area contributed by atoms with E-state index < -0.39 is 36.3 Å². The number of hydrogen-bond donors (Lipinski definition) is 4. The number of amides is 1. The van der Waals surface area contributed by atoms with Crippen LogP contribution < -0.4 is 5.32 Å². The molecule has 1 amide bonds. The number of carbonyl (C=O) groups excluding carboxylic acids is 1. The molecule has 166 valence electrons. The predicted molar refractivity (Wildman–Crippen MR) is 105 cm³/mol. The predicted octanol–water partition coefficient (Wildman–Crippen LogP) is 3.51. The van der Waals surface area contributed by atoms with E-state index in [1.165, 1.54) is 0 Å². The molecular weight excluding hydrogens is 387 g/mol. The van der Waals surface area contributed by atoms with Crippen molar-refractivity contribution in [3.05, 3.63) is 35.6 Å². The Morgan fingerprint density at radius 3 is 2.55 bits per heavy atom. The van der Waals surface area contributed by atoms with Crippen molar-refractivity contribution in [1.29, 1.82) is 0 Å². The fourth-order valence-corrected chi connectivity index (χ4v) is 3.29. The van der Waals surface area contributed by atoms with Gasteiger partial charge in [-0.1, -0.05) is 25.7 Å². The normalized spacial score (nSPS) is 25.6. The SMILES string of the molecule is C=C1C(=C(NC(=O)CC(C)(O)C(F)(F)F)[C@H](C)CCC/C=C/C)C[C@@H](O)C[C@@H]1O. The molecule has 0 bridgehead atoms. The van der Waals surface area contributed by atoms with Crippen LogP contribution in [0.2, 0.25) is 0 Å². The molecule has 1 saturated carbocycles. The van der Waals surface area contributed by atoms with Crippen LogP contribution in [-0.2, 0) is 4.79 Å². The van der Waals surface area contributed by atoms with Crippen LogP contribution in [0.3, 0.4) is 0 Å². The Hall–Kier alpha value is -1.64. The highest BCUT2D eigenvalue weighted by Gasteiger charge is 2.51. The van der Waals surface area contributed by atoms with Gasteiger partial charge in [0.05, 0.1) is 18.6 Å². The van der Waals surface area contributed by atoms with E-state index in [4.69, 9.17) is 0 Å². The maximum atomic E-state index is 12.9. The number of unbranched alkanes of at least 4 members (excludes halogenated alkanes) is 1. The summed E-state index contributed by atoms with van der Waals surface area (Å²) in [6, 6.07) is 0. The summed E-state index contributed by atoms with van der Waals surface area (Å²) < 4.78 is 38.8. The number of halogens is 3. The molecule has 1 rings (SSSR count). The zero-order chi connectivity index (χ0) is 22.4. The number of rotatable bonds is 8. The molecule has 1 aliphatic rings. The van der Waals surface area contributed by atoms with E-state index in [-0.39, 0.29) is 18.8 Å². The number of aliphatic hydroxyl groups is 3. The molecule has 0 aliphatic heterocycles. The first-order valence-electron chi connectivity index (χ1n) is 9.78. The average molecular weight is 419 g/mol. The van der Waals surface area contributed by atoms with Gasteiger partial charge in [0.15, 0.2) is 5.60 Å². The molecule has 0 aromatic heterocycles. The third kappa shape index (κ3) is 7.28. The van der Waals surface area contributed by atoms with Crippen molar-refractivity contribution in [2.75, 3.05) is 0 Å². The van der Waals surface area contributed by atoms with E-state index in [9.17, 15) is 33.3 Å². The molecule has 8 heteroatoms. The maximum Gasteiger partial charge on any atom is 0.417 e. The van der Waals surface area contributed by atoms with Crippen molar-refractivity contribution >= 4 is 5.91 Å². The summed E-state index contributed by atoms with van der Waals surface area (Å²) in [5.74, 6) is -1.23. The maximum absolute atomic E-state index is 12.9. The zero-order valence-electron chi connectivity index (χ0n) is 17.2. The molecule has 1 fully saturated rings. The lowest BCUT2D eigenvalue weighted by Crippen LogP contribution is -2.46. The minimum absolute atomic E-state index is 0.113. The minimum Gasteiger partial charge on any atom is -0.393 e. The van der Waals surface area contributed by atoms with Crippen LogP contribution >= 0.6 is 0 Å². The summed E-state index contributed by atoms with van der Waals surface area (Å²) in [7, 11) is 0. The fraction of sp³-hybridized carbons (Fsp3) is 0.667. The Labute approximate surface area is 170 Å². The van der Waals surface area contributed by atoms with E-state index >= 15 is 0 Å². The van der Waals surface area contributed by atoms with Crippen LogP contribution in [-0.4, -0.2) is 45.2 Å². The summed E-state index contributed by atoms with van der Waals surface area (Å²) in [6.45, 7) is 8.10. The summed E-state index contributed by atoms with van der Waals surface area (Å²) in [6.07, 6.45) is -1.54. The second-order valence-electron chi connectivity index (χ2n) is 7.92. The molecule has 0 radical (unpaired) electrons. The Morgan fingerprint density at radius 1 is 1.38 bits per heavy atom. The van der Waals surface area contributed by atoms with Crippen LogP contribution in [0.15, 0.2) is 35.6 Å². The van der Waals surface area contributed by atoms with Crippen LogP contribution in [0.25, 0.3) is 0 Å². The Kier molecular flexibility index (Phi) is 9.11. The highest BCUT2D eigenvalue weighted by atomic mass is 19.4. The van der Waals surface area contributed by atoms with Crippen molar-refractivity contribution in [2.24, 2.45) is 5.92 Å². The van der Waals surface area contributed by atoms with E-state index in [1.807, 2.05) is 26.0 Å². The summed E-state index contributed by atoms with van der Waals surface area (Å²) in [5.41, 5.74) is -2.02. The number of nitrogens with one attached hydrogen (secondary N) is 1. The summed E-state index contributed by atoms with van der Waals surface area (Å²) in [4.78, 5) is 12.3. The van der Waals surface area contributed by atoms with E-state index in [1.54, 1.807) is 0 Å². The molecule has 0 heterocycles. The third-order valence-corrected chi connectivity index (χ3v) is 5.18. The van der Waals surface area contributed by atoms with Gasteiger partial charge in [0, 0.05) is 18.5 Å². The molecule has 1 aliphatic carbocycles. The number of carbonyl (C=O) groups is 1. The lowest BCUT2D eigenvalue weighted by molar-refractivity contribution is -0.253. The third-order valence-electron chi connectivity index (χ3n) is 5.18. The first kappa shape index (κ1) is 25.4. The Balaban J connectivity index is 3.12. The molecule has 5 nitrogen and oxygen atoms in total. The number of alkyl halides is 3. The van der Waals surface area contributed by atoms with Gasteiger partial charge in [-0.15, -0.1) is 0 Å². The lowest BCUT2D eigenvalue weighted by atomic mass is 9.82. The standard InChI is InChI=1S/C21H32F3NO4/c1-5-6-7-8-9-13(2)19(16-10-15(26)11-17(27)14(16)3)25-18(28)12-20(4,29)21(22,23)24/h5-6,13,15,17,26-27,29H,3,7-12H2,1-2,4H3,(H,25,28)/b6-5+,19-16?/t13-,15-,17+,20?/m1/s1. The summed E-state index contributed by atoms with van der Waals surface area (Å²) in [5, 5.41) is 32.3. The average Bonchev–Trinajstić information content (AvgIpc) is 2.58. The van der Waals surface area contributed by atoms with Crippen molar-refractivity contribution < 1.29 is 33.3 Å². The molecule has 4 N–H and O–H groups in total. The molecule has 4 atom stereocenters. The van der Waals surface area contributed by atoms with Gasteiger partial charge < -0.3 is 20.6 Å². The van der Waals surface area contributed by atoms with Gasteiger partial charge in [-0.25, -0.2) is 0 Å². The van der Waals surface area contributed by atoms with Gasteiger partial charge in [-0.05, 0) is 50.2 Å².